The average molecular weight is 365 g/mol. The normalized spacial score (nSPS) is 34.4. The smallest absolute Gasteiger partial charge is 0.223 e. The van der Waals surface area contributed by atoms with Crippen LogP contribution in [-0.2, 0) is 0 Å². The van der Waals surface area contributed by atoms with Gasteiger partial charge in [-0.15, -0.1) is 0 Å². The number of aromatic nitrogens is 4. The molecule has 2 atom stereocenters. The molecule has 3 heterocycles. The van der Waals surface area contributed by atoms with E-state index < -0.39 is 5.60 Å². The van der Waals surface area contributed by atoms with E-state index in [1.807, 2.05) is 18.5 Å². The number of aliphatic hydroxyl groups is 1. The van der Waals surface area contributed by atoms with Crippen molar-refractivity contribution in [1.29, 1.82) is 0 Å². The van der Waals surface area contributed by atoms with Crippen molar-refractivity contribution in [3.63, 3.8) is 0 Å². The molecule has 0 saturated heterocycles. The highest BCUT2D eigenvalue weighted by atomic mass is 16.5. The van der Waals surface area contributed by atoms with E-state index in [-0.39, 0.29) is 0 Å². The van der Waals surface area contributed by atoms with Gasteiger partial charge in [-0.2, -0.15) is 4.98 Å². The van der Waals surface area contributed by atoms with Crippen molar-refractivity contribution in [1.82, 2.24) is 20.1 Å². The van der Waals surface area contributed by atoms with Crippen molar-refractivity contribution in [2.45, 2.75) is 50.7 Å². The summed E-state index contributed by atoms with van der Waals surface area (Å²) < 4.78 is 5.21. The first-order valence-electron chi connectivity index (χ1n) is 9.84. The monoisotopic (exact) mass is 365 g/mol. The minimum Gasteiger partial charge on any atom is -0.390 e. The first kappa shape index (κ1) is 15.6. The summed E-state index contributed by atoms with van der Waals surface area (Å²) in [5, 5.41) is 19.9. The summed E-state index contributed by atoms with van der Waals surface area (Å²) in [4.78, 5) is 12.1. The zero-order valence-electron chi connectivity index (χ0n) is 15.3. The summed E-state index contributed by atoms with van der Waals surface area (Å²) in [7, 11) is 0. The molecule has 4 bridgehead atoms. The van der Waals surface area contributed by atoms with Crippen molar-refractivity contribution in [2.24, 2.45) is 17.8 Å². The maximum Gasteiger partial charge on any atom is 0.223 e. The fraction of sp³-hybridized carbons (Fsp3) is 0.550. The second kappa shape index (κ2) is 5.32. The Morgan fingerprint density at radius 1 is 1.26 bits per heavy atom. The number of rotatable bonds is 3. The summed E-state index contributed by atoms with van der Waals surface area (Å²) in [6, 6.07) is 2.42. The molecule has 4 fully saturated rings. The predicted octanol–water partition coefficient (Wildman–Crippen LogP) is 3.27. The van der Waals surface area contributed by atoms with Gasteiger partial charge in [-0.3, -0.25) is 0 Å². The lowest BCUT2D eigenvalue weighted by atomic mass is 9.52. The van der Waals surface area contributed by atoms with E-state index in [2.05, 4.69) is 25.4 Å². The van der Waals surface area contributed by atoms with Crippen LogP contribution >= 0.6 is 0 Å². The molecule has 0 aromatic carbocycles. The van der Waals surface area contributed by atoms with Gasteiger partial charge in [0.2, 0.25) is 11.7 Å². The summed E-state index contributed by atoms with van der Waals surface area (Å²) >= 11 is 0. The Hall–Kier alpha value is -2.41. The molecular formula is C20H23N5O2. The highest BCUT2D eigenvalue weighted by molar-refractivity contribution is 5.97. The minimum atomic E-state index is -0.427. The van der Waals surface area contributed by atoms with Crippen molar-refractivity contribution in [2.75, 3.05) is 5.32 Å². The minimum absolute atomic E-state index is 0.370. The number of aryl methyl sites for hydroxylation is 1. The van der Waals surface area contributed by atoms with Crippen LogP contribution in [-0.4, -0.2) is 36.9 Å². The molecule has 0 amide bonds. The third-order valence-corrected chi connectivity index (χ3v) is 6.91. The van der Waals surface area contributed by atoms with Crippen LogP contribution in [0.15, 0.2) is 23.0 Å². The Labute approximate surface area is 156 Å². The highest BCUT2D eigenvalue weighted by Crippen LogP contribution is 2.56. The molecular weight excluding hydrogens is 342 g/mol. The average Bonchev–Trinajstić information content (AvgIpc) is 3.25. The molecule has 0 aliphatic heterocycles. The lowest BCUT2D eigenvalue weighted by Crippen LogP contribution is -2.59. The van der Waals surface area contributed by atoms with E-state index in [1.165, 1.54) is 12.8 Å². The van der Waals surface area contributed by atoms with E-state index in [0.717, 1.165) is 41.5 Å². The van der Waals surface area contributed by atoms with Crippen molar-refractivity contribution in [3.05, 3.63) is 24.4 Å². The molecule has 140 valence electrons. The van der Waals surface area contributed by atoms with E-state index >= 15 is 0 Å². The van der Waals surface area contributed by atoms with Crippen LogP contribution in [0.3, 0.4) is 0 Å². The molecule has 3 aromatic rings. The molecule has 27 heavy (non-hydrogen) atoms. The van der Waals surface area contributed by atoms with Crippen LogP contribution < -0.4 is 5.32 Å². The van der Waals surface area contributed by atoms with Gasteiger partial charge in [0.15, 0.2) is 0 Å². The third-order valence-electron chi connectivity index (χ3n) is 6.91. The van der Waals surface area contributed by atoms with Crippen LogP contribution in [0.25, 0.3) is 22.4 Å². The van der Waals surface area contributed by atoms with Crippen LogP contribution in [0.2, 0.25) is 0 Å². The number of nitrogens with one attached hydrogen (secondary N) is 2. The Kier molecular flexibility index (Phi) is 3.08. The Morgan fingerprint density at radius 3 is 2.78 bits per heavy atom. The molecule has 3 N–H and O–H groups in total. The van der Waals surface area contributed by atoms with E-state index in [9.17, 15) is 5.11 Å². The number of hydrogen-bond donors (Lipinski definition) is 3. The molecule has 7 heteroatoms. The lowest BCUT2D eigenvalue weighted by molar-refractivity contribution is -0.129. The van der Waals surface area contributed by atoms with Gasteiger partial charge in [0.05, 0.1) is 16.9 Å². The van der Waals surface area contributed by atoms with Crippen LogP contribution in [0.5, 0.6) is 0 Å². The first-order valence-corrected chi connectivity index (χ1v) is 9.84. The molecule has 4 aliphatic carbocycles. The molecule has 7 nitrogen and oxygen atoms in total. The van der Waals surface area contributed by atoms with Crippen LogP contribution in [0.4, 0.5) is 5.69 Å². The van der Waals surface area contributed by atoms with E-state index in [0.29, 0.717) is 35.5 Å². The zero-order valence-corrected chi connectivity index (χ0v) is 15.3. The van der Waals surface area contributed by atoms with Crippen LogP contribution in [0, 0.1) is 24.7 Å². The second-order valence-corrected chi connectivity index (χ2v) is 8.79. The first-order chi connectivity index (χ1) is 13.1. The van der Waals surface area contributed by atoms with Crippen molar-refractivity contribution >= 4 is 16.7 Å². The molecule has 2 unspecified atom stereocenters. The van der Waals surface area contributed by atoms with Gasteiger partial charge in [0, 0.05) is 30.7 Å². The molecule has 0 radical (unpaired) electrons. The van der Waals surface area contributed by atoms with E-state index in [4.69, 9.17) is 4.52 Å². The second-order valence-electron chi connectivity index (χ2n) is 8.79. The summed E-state index contributed by atoms with van der Waals surface area (Å²) in [6.45, 7) is 1.80. The van der Waals surface area contributed by atoms with Gasteiger partial charge in [-0.25, -0.2) is 4.98 Å². The Morgan fingerprint density at radius 2 is 2.07 bits per heavy atom. The fourth-order valence-corrected chi connectivity index (χ4v) is 6.13. The highest BCUT2D eigenvalue weighted by Gasteiger charge is 2.54. The van der Waals surface area contributed by atoms with E-state index in [1.54, 1.807) is 6.92 Å². The molecule has 4 aliphatic rings. The van der Waals surface area contributed by atoms with Gasteiger partial charge in [0.1, 0.15) is 5.65 Å². The van der Waals surface area contributed by atoms with Gasteiger partial charge in [-0.1, -0.05) is 5.16 Å². The number of aromatic amines is 1. The van der Waals surface area contributed by atoms with Gasteiger partial charge < -0.3 is 19.9 Å². The largest absolute Gasteiger partial charge is 0.390 e. The number of pyridine rings is 1. The number of fused-ring (bicyclic) bond motifs is 1. The van der Waals surface area contributed by atoms with Gasteiger partial charge >= 0.3 is 0 Å². The fourth-order valence-electron chi connectivity index (χ4n) is 6.13. The quantitative estimate of drug-likeness (QED) is 0.659. The molecule has 4 saturated carbocycles. The Balaban J connectivity index is 1.43. The summed E-state index contributed by atoms with van der Waals surface area (Å²) in [5.41, 5.74) is 2.31. The SMILES string of the molecule is Cc1nc(-c2cnc3[nH]ccc3c2NC2C3CC4CC2CC(O)(C4)C3)no1. The lowest BCUT2D eigenvalue weighted by Gasteiger charge is -2.58. The molecule has 3 aromatic heterocycles. The van der Waals surface area contributed by atoms with Gasteiger partial charge in [-0.05, 0) is 55.9 Å². The zero-order chi connectivity index (χ0) is 18.2. The van der Waals surface area contributed by atoms with Crippen LogP contribution in [0.1, 0.15) is 38.0 Å². The maximum atomic E-state index is 10.9. The summed E-state index contributed by atoms with van der Waals surface area (Å²) in [6.07, 6.45) is 8.98. The Bertz CT molecular complexity index is 1010. The molecule has 7 rings (SSSR count). The third kappa shape index (κ3) is 2.34. The topological polar surface area (TPSA) is 99.9 Å². The molecule has 0 spiro atoms. The maximum absolute atomic E-state index is 10.9. The number of anilines is 1. The van der Waals surface area contributed by atoms with Crippen molar-refractivity contribution in [3.8, 4) is 11.4 Å². The number of H-pyrrole nitrogens is 1. The standard InChI is InChI=1S/C20H23N5O2/c1-10-23-19(25-27-10)15-9-22-18-14(2-3-21-18)17(15)24-16-12-4-11-5-13(16)8-20(26,6-11)7-12/h2-3,9,11-13,16,26H,4-8H2,1H3,(H2,21,22,24). The number of hydrogen-bond acceptors (Lipinski definition) is 6. The van der Waals surface area contributed by atoms with Crippen molar-refractivity contribution < 1.29 is 9.63 Å². The predicted molar refractivity (Wildman–Crippen MR) is 100 cm³/mol. The summed E-state index contributed by atoms with van der Waals surface area (Å²) in [5.74, 6) is 2.83. The van der Waals surface area contributed by atoms with Gasteiger partial charge in [0.25, 0.3) is 0 Å². The number of nitrogens with zero attached hydrogens (tertiary/aromatic N) is 3.